The van der Waals surface area contributed by atoms with E-state index in [0.717, 1.165) is 0 Å². The molecule has 76 valence electrons. The van der Waals surface area contributed by atoms with Gasteiger partial charge >= 0.3 is 0 Å². The highest BCUT2D eigenvalue weighted by molar-refractivity contribution is 9.09. The summed E-state index contributed by atoms with van der Waals surface area (Å²) in [6, 6.07) is 5.39. The van der Waals surface area contributed by atoms with E-state index in [4.69, 9.17) is 5.26 Å². The molecule has 0 N–H and O–H groups in total. The van der Waals surface area contributed by atoms with E-state index in [2.05, 4.69) is 20.9 Å². The van der Waals surface area contributed by atoms with E-state index in [0.29, 0.717) is 24.3 Å². The highest BCUT2D eigenvalue weighted by atomic mass is 79.9. The van der Waals surface area contributed by atoms with Crippen molar-refractivity contribution in [2.45, 2.75) is 11.2 Å². The first-order valence-corrected chi connectivity index (χ1v) is 5.43. The largest absolute Gasteiger partial charge is 0.295 e. The van der Waals surface area contributed by atoms with Crippen LogP contribution in [0.2, 0.25) is 0 Å². The van der Waals surface area contributed by atoms with Gasteiger partial charge in [-0.05, 0) is 12.1 Å². The first-order valence-electron chi connectivity index (χ1n) is 4.52. The fourth-order valence-corrected chi connectivity index (χ4v) is 2.13. The summed E-state index contributed by atoms with van der Waals surface area (Å²) in [7, 11) is 0. The molecule has 2 heterocycles. The van der Waals surface area contributed by atoms with Gasteiger partial charge in [0.1, 0.15) is 6.07 Å². The molecule has 0 bridgehead atoms. The molecule has 1 atom stereocenters. The second kappa shape index (κ2) is 3.99. The van der Waals surface area contributed by atoms with Crippen LogP contribution in [-0.2, 0) is 4.79 Å². The average Bonchev–Trinajstić information content (AvgIpc) is 2.57. The normalized spacial score (nSPS) is 20.4. The summed E-state index contributed by atoms with van der Waals surface area (Å²) in [4.78, 5) is 17.4. The zero-order chi connectivity index (χ0) is 10.8. The molecule has 4 nitrogen and oxygen atoms in total. The number of carbonyl (C=O) groups excluding carboxylic acids is 1. The zero-order valence-corrected chi connectivity index (χ0v) is 9.44. The molecule has 0 saturated carbocycles. The van der Waals surface area contributed by atoms with Gasteiger partial charge in [0.25, 0.3) is 0 Å². The van der Waals surface area contributed by atoms with Gasteiger partial charge in [-0.25, -0.2) is 4.98 Å². The Kier molecular flexibility index (Phi) is 2.69. The van der Waals surface area contributed by atoms with Crippen LogP contribution in [0.4, 0.5) is 5.82 Å². The highest BCUT2D eigenvalue weighted by Gasteiger charge is 2.30. The lowest BCUT2D eigenvalue weighted by Gasteiger charge is -2.15. The number of nitriles is 1. The van der Waals surface area contributed by atoms with Crippen molar-refractivity contribution in [3.63, 3.8) is 0 Å². The number of halogens is 1. The zero-order valence-electron chi connectivity index (χ0n) is 7.85. The standard InChI is InChI=1S/C10H8BrN3O/c11-8-4-9(15)14(6-8)10-7(5-12)2-1-3-13-10/h1-3,8H,4,6H2. The van der Waals surface area contributed by atoms with Gasteiger partial charge in [0.05, 0.1) is 5.56 Å². The Balaban J connectivity index is 2.38. The van der Waals surface area contributed by atoms with Crippen LogP contribution in [0.3, 0.4) is 0 Å². The molecule has 1 aromatic rings. The molecular weight excluding hydrogens is 258 g/mol. The maximum absolute atomic E-state index is 11.6. The lowest BCUT2D eigenvalue weighted by molar-refractivity contribution is -0.117. The van der Waals surface area contributed by atoms with Crippen molar-refractivity contribution in [3.05, 3.63) is 23.9 Å². The molecule has 0 aliphatic carbocycles. The minimum atomic E-state index is 0.00655. The molecule has 1 saturated heterocycles. The molecule has 15 heavy (non-hydrogen) atoms. The molecule has 0 radical (unpaired) electrons. The third kappa shape index (κ3) is 1.85. The van der Waals surface area contributed by atoms with Crippen LogP contribution >= 0.6 is 15.9 Å². The van der Waals surface area contributed by atoms with E-state index in [1.165, 1.54) is 0 Å². The molecule has 2 rings (SSSR count). The Bertz CT molecular complexity index is 441. The Morgan fingerprint density at radius 2 is 2.47 bits per heavy atom. The van der Waals surface area contributed by atoms with Gasteiger partial charge in [-0.15, -0.1) is 0 Å². The number of alkyl halides is 1. The van der Waals surface area contributed by atoms with Gasteiger partial charge in [-0.2, -0.15) is 5.26 Å². The minimum absolute atomic E-state index is 0.00655. The summed E-state index contributed by atoms with van der Waals surface area (Å²) in [6.07, 6.45) is 2.05. The van der Waals surface area contributed by atoms with Gasteiger partial charge in [0, 0.05) is 24.0 Å². The number of rotatable bonds is 1. The maximum atomic E-state index is 11.6. The molecule has 1 aliphatic heterocycles. The second-order valence-corrected chi connectivity index (χ2v) is 4.59. The fraction of sp³-hybridized carbons (Fsp3) is 0.300. The number of nitrogens with zero attached hydrogens (tertiary/aromatic N) is 3. The number of amides is 1. The molecule has 5 heteroatoms. The molecular formula is C10H8BrN3O. The van der Waals surface area contributed by atoms with Gasteiger partial charge in [-0.1, -0.05) is 15.9 Å². The Hall–Kier alpha value is -1.41. The third-order valence-electron chi connectivity index (χ3n) is 2.24. The summed E-state index contributed by atoms with van der Waals surface area (Å²) < 4.78 is 0. The smallest absolute Gasteiger partial charge is 0.229 e. The van der Waals surface area contributed by atoms with Crippen molar-refractivity contribution >= 4 is 27.7 Å². The van der Waals surface area contributed by atoms with E-state index in [-0.39, 0.29) is 10.7 Å². The van der Waals surface area contributed by atoms with Crippen LogP contribution in [0.25, 0.3) is 0 Å². The molecule has 1 aromatic heterocycles. The summed E-state index contributed by atoms with van der Waals surface area (Å²) in [5.41, 5.74) is 0.437. The minimum Gasteiger partial charge on any atom is -0.295 e. The molecule has 1 unspecified atom stereocenters. The molecule has 1 fully saturated rings. The first kappa shape index (κ1) is 10.1. The van der Waals surface area contributed by atoms with Crippen molar-refractivity contribution in [1.82, 2.24) is 4.98 Å². The van der Waals surface area contributed by atoms with Gasteiger partial charge in [0.2, 0.25) is 5.91 Å². The number of hydrogen-bond donors (Lipinski definition) is 0. The second-order valence-electron chi connectivity index (χ2n) is 3.29. The lowest BCUT2D eigenvalue weighted by Crippen LogP contribution is -2.26. The lowest BCUT2D eigenvalue weighted by atomic mass is 10.2. The van der Waals surface area contributed by atoms with Gasteiger partial charge in [0.15, 0.2) is 5.82 Å². The molecule has 0 aromatic carbocycles. The van der Waals surface area contributed by atoms with Crippen molar-refractivity contribution in [3.8, 4) is 6.07 Å². The summed E-state index contributed by atoms with van der Waals surface area (Å²) in [5, 5.41) is 8.89. The maximum Gasteiger partial charge on any atom is 0.229 e. The number of carbonyl (C=O) groups is 1. The SMILES string of the molecule is N#Cc1cccnc1N1CC(Br)CC1=O. The Labute approximate surface area is 95.7 Å². The van der Waals surface area contributed by atoms with E-state index >= 15 is 0 Å². The molecule has 1 aliphatic rings. The van der Waals surface area contributed by atoms with Gasteiger partial charge in [-0.3, -0.25) is 9.69 Å². The Morgan fingerprint density at radius 3 is 3.07 bits per heavy atom. The number of hydrogen-bond acceptors (Lipinski definition) is 3. The predicted octanol–water partition coefficient (Wildman–Crippen LogP) is 1.45. The van der Waals surface area contributed by atoms with Crippen LogP contribution in [0.5, 0.6) is 0 Å². The van der Waals surface area contributed by atoms with Crippen molar-refractivity contribution in [2.75, 3.05) is 11.4 Å². The van der Waals surface area contributed by atoms with E-state index in [1.807, 2.05) is 6.07 Å². The van der Waals surface area contributed by atoms with E-state index in [1.54, 1.807) is 23.2 Å². The molecule has 0 spiro atoms. The monoisotopic (exact) mass is 265 g/mol. The first-order chi connectivity index (χ1) is 7.22. The highest BCUT2D eigenvalue weighted by Crippen LogP contribution is 2.25. The third-order valence-corrected chi connectivity index (χ3v) is 2.85. The quantitative estimate of drug-likeness (QED) is 0.723. The number of aromatic nitrogens is 1. The number of pyridine rings is 1. The van der Waals surface area contributed by atoms with Gasteiger partial charge < -0.3 is 0 Å². The summed E-state index contributed by atoms with van der Waals surface area (Å²) in [6.45, 7) is 0.574. The van der Waals surface area contributed by atoms with Crippen LogP contribution in [0.1, 0.15) is 12.0 Å². The predicted molar refractivity (Wildman–Crippen MR) is 58.6 cm³/mol. The van der Waals surface area contributed by atoms with Crippen molar-refractivity contribution < 1.29 is 4.79 Å². The van der Waals surface area contributed by atoms with E-state index in [9.17, 15) is 4.79 Å². The van der Waals surface area contributed by atoms with Crippen LogP contribution in [0.15, 0.2) is 18.3 Å². The van der Waals surface area contributed by atoms with Crippen molar-refractivity contribution in [2.24, 2.45) is 0 Å². The topological polar surface area (TPSA) is 57.0 Å². The van der Waals surface area contributed by atoms with Crippen LogP contribution in [-0.4, -0.2) is 22.3 Å². The number of anilines is 1. The van der Waals surface area contributed by atoms with Crippen LogP contribution < -0.4 is 4.90 Å². The molecule has 1 amide bonds. The Morgan fingerprint density at radius 1 is 1.67 bits per heavy atom. The van der Waals surface area contributed by atoms with Crippen molar-refractivity contribution in [1.29, 1.82) is 5.26 Å². The summed E-state index contributed by atoms with van der Waals surface area (Å²) >= 11 is 3.39. The van der Waals surface area contributed by atoms with Crippen LogP contribution in [0, 0.1) is 11.3 Å². The average molecular weight is 266 g/mol. The fourth-order valence-electron chi connectivity index (χ4n) is 1.57. The van der Waals surface area contributed by atoms with E-state index < -0.39 is 0 Å². The summed E-state index contributed by atoms with van der Waals surface area (Å²) in [5.74, 6) is 0.471.